The molecular weight excluding hydrogens is 222 g/mol. The Morgan fingerprint density at radius 2 is 1.28 bits per heavy atom. The zero-order valence-electron chi connectivity index (χ0n) is 12.3. The van der Waals surface area contributed by atoms with Crippen molar-refractivity contribution in [1.82, 2.24) is 0 Å². The number of terminal acetylenes is 1. The van der Waals surface area contributed by atoms with E-state index in [2.05, 4.69) is 38.7 Å². The molecular formula is C16H35NO. The van der Waals surface area contributed by atoms with E-state index in [-0.39, 0.29) is 9.76 Å². The monoisotopic (exact) mass is 257 g/mol. The molecule has 0 amide bonds. The fourth-order valence-electron chi connectivity index (χ4n) is 2.04. The minimum absolute atomic E-state index is 0. The van der Waals surface area contributed by atoms with E-state index in [0.29, 0.717) is 0 Å². The number of quaternary nitrogens is 1. The molecule has 0 rings (SSSR count). The first-order valence-corrected chi connectivity index (χ1v) is 7.08. The maximum Gasteiger partial charge on any atom is 0.151 e. The highest BCUT2D eigenvalue weighted by Crippen LogP contribution is 2.13. The molecule has 0 saturated carbocycles. The van der Waals surface area contributed by atoms with Gasteiger partial charge >= 0.3 is 0 Å². The molecule has 0 saturated heterocycles. The summed E-state index contributed by atoms with van der Waals surface area (Å²) in [4.78, 5) is 0. The molecule has 0 aliphatic carbocycles. The molecule has 0 radical (unpaired) electrons. The lowest BCUT2D eigenvalue weighted by atomic mass is 10.2. The molecule has 0 atom stereocenters. The summed E-state index contributed by atoms with van der Waals surface area (Å²) >= 11 is 0. The van der Waals surface area contributed by atoms with Gasteiger partial charge in [0.15, 0.2) is 6.04 Å². The Balaban J connectivity index is -0.000000213. The third-order valence-electron chi connectivity index (χ3n) is 3.18. The summed E-state index contributed by atoms with van der Waals surface area (Å²) in [5.41, 5.74) is 0. The predicted molar refractivity (Wildman–Crippen MR) is 84.5 cm³/mol. The van der Waals surface area contributed by atoms with Gasteiger partial charge in [0.2, 0.25) is 0 Å². The smallest absolute Gasteiger partial charge is 0.151 e. The van der Waals surface area contributed by atoms with E-state index < -0.39 is 0 Å². The quantitative estimate of drug-likeness (QED) is 0.446. The van der Waals surface area contributed by atoms with Crippen molar-refractivity contribution in [2.75, 3.05) is 19.6 Å². The van der Waals surface area contributed by atoms with E-state index in [9.17, 15) is 0 Å². The molecule has 0 heterocycles. The molecule has 0 unspecified atom stereocenters. The Hall–Kier alpha value is -0.960. The summed E-state index contributed by atoms with van der Waals surface area (Å²) in [6, 6.07) is 3.34. The van der Waals surface area contributed by atoms with Gasteiger partial charge in [-0.25, -0.2) is 4.48 Å². The van der Waals surface area contributed by atoms with Crippen LogP contribution in [-0.4, -0.2) is 29.6 Å². The van der Waals surface area contributed by atoms with Crippen LogP contribution in [0, 0.1) is 24.3 Å². The van der Waals surface area contributed by atoms with Gasteiger partial charge in [-0.2, -0.15) is 0 Å². The summed E-state index contributed by atoms with van der Waals surface area (Å²) in [5.74, 6) is 5.34. The van der Waals surface area contributed by atoms with Crippen molar-refractivity contribution >= 4 is 0 Å². The van der Waals surface area contributed by atoms with Crippen LogP contribution in [0.3, 0.4) is 0 Å². The number of hydrogen-bond donors (Lipinski definition) is 0. The lowest BCUT2D eigenvalue weighted by molar-refractivity contribution is -0.864. The van der Waals surface area contributed by atoms with Crippen molar-refractivity contribution in [3.05, 3.63) is 0 Å². The molecule has 0 spiro atoms. The van der Waals surface area contributed by atoms with E-state index in [1.54, 1.807) is 0 Å². The predicted octanol–water partition coefficient (Wildman–Crippen LogP) is 4.36. The number of nitrogens with zero attached hydrogens (tertiary/aromatic N) is 1. The second kappa shape index (κ2) is 12.5. The minimum atomic E-state index is 0. The largest absolute Gasteiger partial charge is 0.870 e. The standard InChI is InChI=1S/C16H28N.H2O.3H2/c1-5-9-13-17(14-10-6-2,15-11-7-3)16-12-8-4;;;;/h1H,6-8,10-12,14-16H2,2-4H3;1H2;3*1H/q+1;;;;/p-1. The van der Waals surface area contributed by atoms with Gasteiger partial charge in [-0.15, -0.1) is 6.42 Å². The van der Waals surface area contributed by atoms with E-state index in [4.69, 9.17) is 6.42 Å². The molecule has 0 fully saturated rings. The molecule has 0 aromatic heterocycles. The van der Waals surface area contributed by atoms with Gasteiger partial charge in [0, 0.05) is 10.2 Å². The van der Waals surface area contributed by atoms with E-state index in [1.807, 2.05) is 0 Å². The number of unbranched alkanes of at least 4 members (excludes halogenated alkanes) is 3. The van der Waals surface area contributed by atoms with Gasteiger partial charge in [0.25, 0.3) is 0 Å². The lowest BCUT2D eigenvalue weighted by Crippen LogP contribution is -2.45. The van der Waals surface area contributed by atoms with E-state index in [0.717, 1.165) is 24.1 Å². The second-order valence-corrected chi connectivity index (χ2v) is 4.76. The maximum absolute atomic E-state index is 5.29. The summed E-state index contributed by atoms with van der Waals surface area (Å²) in [6.07, 6.45) is 12.7. The first kappa shape index (κ1) is 19.4. The topological polar surface area (TPSA) is 30.0 Å². The van der Waals surface area contributed by atoms with E-state index in [1.165, 1.54) is 38.5 Å². The van der Waals surface area contributed by atoms with Crippen LogP contribution in [0.15, 0.2) is 0 Å². The minimum Gasteiger partial charge on any atom is -0.870 e. The molecule has 2 nitrogen and oxygen atoms in total. The molecule has 18 heavy (non-hydrogen) atoms. The molecule has 0 bridgehead atoms. The zero-order chi connectivity index (χ0) is 13.0. The van der Waals surface area contributed by atoms with Gasteiger partial charge in [0.1, 0.15) is 0 Å². The van der Waals surface area contributed by atoms with E-state index >= 15 is 0 Å². The Morgan fingerprint density at radius 1 is 0.889 bits per heavy atom. The van der Waals surface area contributed by atoms with Gasteiger partial charge < -0.3 is 5.48 Å². The van der Waals surface area contributed by atoms with Gasteiger partial charge in [-0.3, -0.25) is 0 Å². The average molecular weight is 257 g/mol. The fourth-order valence-corrected chi connectivity index (χ4v) is 2.04. The van der Waals surface area contributed by atoms with Gasteiger partial charge in [-0.1, -0.05) is 40.0 Å². The van der Waals surface area contributed by atoms with Crippen LogP contribution >= 0.6 is 0 Å². The van der Waals surface area contributed by atoms with Crippen LogP contribution in [-0.2, 0) is 0 Å². The van der Waals surface area contributed by atoms with Crippen molar-refractivity contribution in [3.8, 4) is 24.3 Å². The zero-order valence-corrected chi connectivity index (χ0v) is 12.3. The highest BCUT2D eigenvalue weighted by atomic mass is 16.0. The maximum atomic E-state index is 5.29. The number of rotatable bonds is 9. The molecule has 1 N–H and O–H groups in total. The van der Waals surface area contributed by atoms with Crippen LogP contribution < -0.4 is 0 Å². The van der Waals surface area contributed by atoms with Crippen molar-refractivity contribution in [2.45, 2.75) is 59.3 Å². The first-order chi connectivity index (χ1) is 8.24. The summed E-state index contributed by atoms with van der Waals surface area (Å²) in [6.45, 7) is 10.2. The molecule has 0 aliphatic heterocycles. The Kier molecular flexibility index (Phi) is 13.5. The summed E-state index contributed by atoms with van der Waals surface area (Å²) in [7, 11) is 0. The van der Waals surface area contributed by atoms with Crippen molar-refractivity contribution < 1.29 is 14.2 Å². The third kappa shape index (κ3) is 8.18. The van der Waals surface area contributed by atoms with Gasteiger partial charge in [0.05, 0.1) is 19.6 Å². The van der Waals surface area contributed by atoms with Crippen LogP contribution in [0.25, 0.3) is 0 Å². The highest BCUT2D eigenvalue weighted by Gasteiger charge is 2.24. The Labute approximate surface area is 118 Å². The molecule has 110 valence electrons. The van der Waals surface area contributed by atoms with Crippen LogP contribution in [0.2, 0.25) is 0 Å². The van der Waals surface area contributed by atoms with Gasteiger partial charge in [-0.05, 0) is 25.2 Å². The molecule has 0 aromatic rings. The molecule has 0 aliphatic rings. The van der Waals surface area contributed by atoms with Crippen molar-refractivity contribution in [2.24, 2.45) is 0 Å². The van der Waals surface area contributed by atoms with Crippen LogP contribution in [0.5, 0.6) is 0 Å². The average Bonchev–Trinajstić information content (AvgIpc) is 2.37. The van der Waals surface area contributed by atoms with Crippen LogP contribution in [0.4, 0.5) is 0 Å². The highest BCUT2D eigenvalue weighted by molar-refractivity contribution is 5.19. The Morgan fingerprint density at radius 3 is 1.56 bits per heavy atom. The van der Waals surface area contributed by atoms with Crippen molar-refractivity contribution in [3.63, 3.8) is 0 Å². The summed E-state index contributed by atoms with van der Waals surface area (Å²) < 4.78 is 0.916. The second-order valence-electron chi connectivity index (χ2n) is 4.76. The SMILES string of the molecule is C#CC#C[N+](CCCC)(CCCC)CCCC.[HH].[HH].[HH].[OH-]. The Bertz CT molecular complexity index is 270. The first-order valence-electron chi connectivity index (χ1n) is 7.08. The fraction of sp³-hybridized carbons (Fsp3) is 0.750. The lowest BCUT2D eigenvalue weighted by Gasteiger charge is -2.31. The van der Waals surface area contributed by atoms with Crippen LogP contribution in [0.1, 0.15) is 63.6 Å². The normalized spacial score (nSPS) is 9.89. The summed E-state index contributed by atoms with van der Waals surface area (Å²) in [5, 5.41) is 0. The molecule has 0 aromatic carbocycles. The van der Waals surface area contributed by atoms with Crippen molar-refractivity contribution in [1.29, 1.82) is 0 Å². The molecule has 2 heteroatoms. The number of hydrogen-bond acceptors (Lipinski definition) is 1. The third-order valence-corrected chi connectivity index (χ3v) is 3.18.